The molecule has 0 saturated carbocycles. The van der Waals surface area contributed by atoms with Crippen LogP contribution in [0.1, 0.15) is 36.4 Å². The number of thiophene rings is 1. The minimum Gasteiger partial charge on any atom is -0.396 e. The molecule has 0 aliphatic carbocycles. The van der Waals surface area contributed by atoms with Crippen molar-refractivity contribution in [3.05, 3.63) is 4.88 Å². The first-order valence-electron chi connectivity index (χ1n) is 6.85. The van der Waals surface area contributed by atoms with Crippen LogP contribution in [0.25, 0.3) is 0 Å². The monoisotopic (exact) mass is 314 g/mol. The molecule has 1 aliphatic rings. The van der Waals surface area contributed by atoms with Crippen molar-refractivity contribution >= 4 is 39.6 Å². The second-order valence-corrected chi connectivity index (χ2v) is 7.12. The van der Waals surface area contributed by atoms with Gasteiger partial charge in [-0.3, -0.25) is 4.79 Å². The largest absolute Gasteiger partial charge is 0.396 e. The highest BCUT2D eigenvalue weighted by Gasteiger charge is 2.27. The number of aliphatic hydroxyl groups excluding tert-OH is 1. The number of carbonyl (C=O) groups excluding carboxylic acids is 1. The first kappa shape index (κ1) is 15.7. The smallest absolute Gasteiger partial charge is 0.171 e. The number of hydrogen-bond donors (Lipinski definition) is 2. The fourth-order valence-corrected chi connectivity index (χ4v) is 4.80. The zero-order valence-corrected chi connectivity index (χ0v) is 13.8. The van der Waals surface area contributed by atoms with Crippen molar-refractivity contribution in [3.8, 4) is 0 Å². The van der Waals surface area contributed by atoms with Crippen LogP contribution in [0, 0.1) is 5.92 Å². The minimum absolute atomic E-state index is 0.0351. The van der Waals surface area contributed by atoms with Crippen molar-refractivity contribution in [3.63, 3.8) is 0 Å². The summed E-state index contributed by atoms with van der Waals surface area (Å²) in [5, 5.41) is 10.8. The molecule has 1 atom stereocenters. The summed E-state index contributed by atoms with van der Waals surface area (Å²) >= 11 is 3.11. The van der Waals surface area contributed by atoms with Crippen LogP contribution in [0.2, 0.25) is 0 Å². The quantitative estimate of drug-likeness (QED) is 0.661. The number of nitrogen functional groups attached to an aromatic ring is 1. The molecule has 0 amide bonds. The highest BCUT2D eigenvalue weighted by Crippen LogP contribution is 2.45. The summed E-state index contributed by atoms with van der Waals surface area (Å²) in [6, 6.07) is 0. The Morgan fingerprint density at radius 1 is 1.50 bits per heavy atom. The van der Waals surface area contributed by atoms with Gasteiger partial charge >= 0.3 is 0 Å². The van der Waals surface area contributed by atoms with E-state index < -0.39 is 0 Å². The number of nitrogens with two attached hydrogens (primary N) is 1. The van der Waals surface area contributed by atoms with Crippen LogP contribution in [0.3, 0.4) is 0 Å². The van der Waals surface area contributed by atoms with Gasteiger partial charge in [0.2, 0.25) is 0 Å². The first-order valence-corrected chi connectivity index (χ1v) is 8.90. The number of nitrogens with zero attached hydrogens (tertiary/aromatic N) is 1. The Morgan fingerprint density at radius 3 is 2.55 bits per heavy atom. The number of anilines is 2. The topological polar surface area (TPSA) is 66.6 Å². The zero-order chi connectivity index (χ0) is 14.9. The second-order valence-electron chi connectivity index (χ2n) is 5.30. The summed E-state index contributed by atoms with van der Waals surface area (Å²) in [5.74, 6) is 0.418. The van der Waals surface area contributed by atoms with Gasteiger partial charge in [0.05, 0.1) is 21.6 Å². The third-order valence-electron chi connectivity index (χ3n) is 3.92. The number of Topliss-reactive ketones (excluding diaryl/α,β-unsaturated/α-hetero) is 1. The molecule has 0 radical (unpaired) electrons. The first-order chi connectivity index (χ1) is 9.45. The van der Waals surface area contributed by atoms with Gasteiger partial charge in [-0.15, -0.1) is 23.1 Å². The molecule has 20 heavy (non-hydrogen) atoms. The lowest BCUT2D eigenvalue weighted by Gasteiger charge is -2.34. The fraction of sp³-hybridized carbons (Fsp3) is 0.643. The molecule has 1 aliphatic heterocycles. The number of hydrogen-bond acceptors (Lipinski definition) is 6. The number of piperidine rings is 1. The molecule has 4 nitrogen and oxygen atoms in total. The third kappa shape index (κ3) is 2.97. The van der Waals surface area contributed by atoms with Gasteiger partial charge in [0.15, 0.2) is 5.78 Å². The summed E-state index contributed by atoms with van der Waals surface area (Å²) in [5.41, 5.74) is 6.73. The molecule has 0 aromatic carbocycles. The molecule has 112 valence electrons. The van der Waals surface area contributed by atoms with Gasteiger partial charge in [-0.2, -0.15) is 0 Å². The molecule has 1 fully saturated rings. The van der Waals surface area contributed by atoms with Crippen molar-refractivity contribution in [2.24, 2.45) is 5.92 Å². The van der Waals surface area contributed by atoms with Crippen molar-refractivity contribution in [2.75, 3.05) is 30.0 Å². The number of aliphatic hydroxyl groups is 1. The number of carbonyl (C=O) groups is 1. The molecule has 2 heterocycles. The molecule has 6 heteroatoms. The summed E-state index contributed by atoms with van der Waals surface area (Å²) < 4.78 is 0. The van der Waals surface area contributed by atoms with Crippen LogP contribution in [-0.4, -0.2) is 36.3 Å². The molecule has 1 aromatic heterocycles. The summed E-state index contributed by atoms with van der Waals surface area (Å²) in [7, 11) is 0. The van der Waals surface area contributed by atoms with Gasteiger partial charge in [-0.1, -0.05) is 0 Å². The van der Waals surface area contributed by atoms with E-state index in [9.17, 15) is 9.90 Å². The van der Waals surface area contributed by atoms with Gasteiger partial charge in [0.25, 0.3) is 0 Å². The van der Waals surface area contributed by atoms with E-state index in [4.69, 9.17) is 5.73 Å². The highest BCUT2D eigenvalue weighted by molar-refractivity contribution is 7.99. The summed E-state index contributed by atoms with van der Waals surface area (Å²) in [6.45, 7) is 5.27. The lowest BCUT2D eigenvalue weighted by molar-refractivity contribution is 0.102. The Balaban J connectivity index is 2.21. The number of thioether (sulfide) groups is 1. The van der Waals surface area contributed by atoms with Gasteiger partial charge in [0, 0.05) is 20.0 Å². The Morgan fingerprint density at radius 2 is 2.10 bits per heavy atom. The molecule has 3 N–H and O–H groups in total. The highest BCUT2D eigenvalue weighted by atomic mass is 32.2. The van der Waals surface area contributed by atoms with E-state index in [1.807, 2.05) is 13.2 Å². The molecule has 1 unspecified atom stereocenters. The lowest BCUT2D eigenvalue weighted by atomic mass is 9.92. The normalized spacial score (nSPS) is 18.3. The number of ketones is 1. The maximum absolute atomic E-state index is 11.6. The third-order valence-corrected chi connectivity index (χ3v) is 6.23. The average Bonchev–Trinajstić information content (AvgIpc) is 2.75. The van der Waals surface area contributed by atoms with Crippen LogP contribution in [0.15, 0.2) is 4.90 Å². The van der Waals surface area contributed by atoms with Crippen LogP contribution >= 0.6 is 23.1 Å². The SMILES string of the molecule is CSc1c(N2CCC(C(C)O)CC2)sc(C(C)=O)c1N. The predicted octanol–water partition coefficient (Wildman–Crippen LogP) is 2.85. The minimum atomic E-state index is -0.238. The summed E-state index contributed by atoms with van der Waals surface area (Å²) in [4.78, 5) is 15.6. The van der Waals surface area contributed by atoms with E-state index in [0.29, 0.717) is 16.5 Å². The lowest BCUT2D eigenvalue weighted by Crippen LogP contribution is -2.36. The zero-order valence-electron chi connectivity index (χ0n) is 12.2. The van der Waals surface area contributed by atoms with Crippen molar-refractivity contribution in [2.45, 2.75) is 37.7 Å². The summed E-state index contributed by atoms with van der Waals surface area (Å²) in [6.07, 6.45) is 3.73. The fourth-order valence-electron chi connectivity index (χ4n) is 2.67. The van der Waals surface area contributed by atoms with Gasteiger partial charge < -0.3 is 15.7 Å². The van der Waals surface area contributed by atoms with Crippen LogP contribution < -0.4 is 10.6 Å². The Hall–Kier alpha value is -0.720. The van der Waals surface area contributed by atoms with Gasteiger partial charge in [0.1, 0.15) is 5.00 Å². The number of rotatable bonds is 4. The Bertz CT molecular complexity index is 492. The van der Waals surface area contributed by atoms with Gasteiger partial charge in [-0.05, 0) is 31.9 Å². The van der Waals surface area contributed by atoms with E-state index in [-0.39, 0.29) is 11.9 Å². The van der Waals surface area contributed by atoms with E-state index in [1.165, 1.54) is 11.3 Å². The Labute approximate surface area is 128 Å². The molecular weight excluding hydrogens is 292 g/mol. The van der Waals surface area contributed by atoms with Crippen molar-refractivity contribution in [1.82, 2.24) is 0 Å². The molecular formula is C14H22N2O2S2. The molecule has 2 rings (SSSR count). The standard InChI is InChI=1S/C14H22N2O2S2/c1-8(17)10-4-6-16(7-5-10)14-13(19-3)11(15)12(20-14)9(2)18/h8,10,17H,4-7,15H2,1-3H3. The molecule has 0 bridgehead atoms. The Kier molecular flexibility index (Phi) is 4.99. The molecule has 1 aromatic rings. The molecule has 1 saturated heterocycles. The molecule has 0 spiro atoms. The maximum atomic E-state index is 11.6. The predicted molar refractivity (Wildman–Crippen MR) is 87.1 cm³/mol. The van der Waals surface area contributed by atoms with Crippen molar-refractivity contribution in [1.29, 1.82) is 0 Å². The van der Waals surface area contributed by atoms with E-state index in [2.05, 4.69) is 4.90 Å². The van der Waals surface area contributed by atoms with E-state index >= 15 is 0 Å². The van der Waals surface area contributed by atoms with Crippen LogP contribution in [0.4, 0.5) is 10.7 Å². The second kappa shape index (κ2) is 6.37. The van der Waals surface area contributed by atoms with Crippen molar-refractivity contribution < 1.29 is 9.90 Å². The van der Waals surface area contributed by atoms with E-state index in [1.54, 1.807) is 18.7 Å². The average molecular weight is 314 g/mol. The van der Waals surface area contributed by atoms with Crippen LogP contribution in [0.5, 0.6) is 0 Å². The van der Waals surface area contributed by atoms with E-state index in [0.717, 1.165) is 35.8 Å². The van der Waals surface area contributed by atoms with Crippen LogP contribution in [-0.2, 0) is 0 Å². The maximum Gasteiger partial charge on any atom is 0.171 e. The van der Waals surface area contributed by atoms with Gasteiger partial charge in [-0.25, -0.2) is 0 Å².